The predicted octanol–water partition coefficient (Wildman–Crippen LogP) is 4.11. The lowest BCUT2D eigenvalue weighted by molar-refractivity contribution is 0.302. The molecule has 0 aliphatic rings. The fourth-order valence-electron chi connectivity index (χ4n) is 1.79. The largest absolute Gasteiger partial charge is 0.489 e. The van der Waals surface area contributed by atoms with Crippen molar-refractivity contribution in [2.45, 2.75) is 20.0 Å². The van der Waals surface area contributed by atoms with E-state index < -0.39 is 11.6 Å². The Morgan fingerprint density at radius 3 is 2.33 bits per heavy atom. The molecule has 0 fully saturated rings. The highest BCUT2D eigenvalue weighted by atomic mass is 19.1. The van der Waals surface area contributed by atoms with Crippen molar-refractivity contribution in [3.8, 4) is 5.75 Å². The molecule has 0 radical (unpaired) electrons. The van der Waals surface area contributed by atoms with Gasteiger partial charge in [-0.25, -0.2) is 8.78 Å². The van der Waals surface area contributed by atoms with Gasteiger partial charge in [-0.15, -0.1) is 0 Å². The van der Waals surface area contributed by atoms with Gasteiger partial charge in [0.1, 0.15) is 24.0 Å². The summed E-state index contributed by atoms with van der Waals surface area (Å²) in [5.74, 6) is -0.417. The van der Waals surface area contributed by atoms with Gasteiger partial charge < -0.3 is 4.74 Å². The lowest BCUT2D eigenvalue weighted by Gasteiger charge is -2.10. The lowest BCUT2D eigenvalue weighted by atomic mass is 10.1. The van der Waals surface area contributed by atoms with Crippen LogP contribution in [0.5, 0.6) is 5.75 Å². The molecule has 0 bridgehead atoms. The van der Waals surface area contributed by atoms with Crippen LogP contribution in [0.2, 0.25) is 0 Å². The normalized spacial score (nSPS) is 10.4. The number of hydrogen-bond donors (Lipinski definition) is 0. The third kappa shape index (κ3) is 3.06. The molecule has 1 nitrogen and oxygen atoms in total. The Labute approximate surface area is 105 Å². The summed E-state index contributed by atoms with van der Waals surface area (Å²) in [6, 6.07) is 11.0. The van der Waals surface area contributed by atoms with Crippen molar-refractivity contribution in [1.29, 1.82) is 0 Å². The molecule has 2 rings (SSSR count). The maximum Gasteiger partial charge on any atom is 0.126 e. The Bertz CT molecular complexity index is 518. The zero-order valence-electron chi connectivity index (χ0n) is 10.1. The second kappa shape index (κ2) is 5.63. The number of benzene rings is 2. The highest BCUT2D eigenvalue weighted by Crippen LogP contribution is 2.20. The van der Waals surface area contributed by atoms with E-state index in [1.54, 1.807) is 0 Å². The van der Waals surface area contributed by atoms with E-state index in [0.29, 0.717) is 5.56 Å². The first-order valence-electron chi connectivity index (χ1n) is 5.84. The maximum absolute atomic E-state index is 13.0. The van der Waals surface area contributed by atoms with Gasteiger partial charge in [-0.2, -0.15) is 0 Å². The van der Waals surface area contributed by atoms with Crippen LogP contribution in [0.3, 0.4) is 0 Å². The molecule has 2 aromatic carbocycles. The highest BCUT2D eigenvalue weighted by molar-refractivity contribution is 5.33. The molecule has 0 aliphatic heterocycles. The number of aryl methyl sites for hydroxylation is 1. The zero-order valence-corrected chi connectivity index (χ0v) is 10.1. The molecule has 0 amide bonds. The average molecular weight is 248 g/mol. The van der Waals surface area contributed by atoms with Crippen molar-refractivity contribution < 1.29 is 13.5 Å². The van der Waals surface area contributed by atoms with Crippen LogP contribution in [0.4, 0.5) is 8.78 Å². The fourth-order valence-corrected chi connectivity index (χ4v) is 1.79. The Balaban J connectivity index is 2.11. The van der Waals surface area contributed by atoms with Crippen LogP contribution >= 0.6 is 0 Å². The van der Waals surface area contributed by atoms with Gasteiger partial charge in [0.2, 0.25) is 0 Å². The minimum absolute atomic E-state index is 0.158. The number of para-hydroxylation sites is 1. The van der Waals surface area contributed by atoms with Gasteiger partial charge in [0.05, 0.1) is 0 Å². The van der Waals surface area contributed by atoms with Crippen LogP contribution in [0, 0.1) is 11.6 Å². The monoisotopic (exact) mass is 248 g/mol. The molecule has 18 heavy (non-hydrogen) atoms. The summed E-state index contributed by atoms with van der Waals surface area (Å²) in [5, 5.41) is 0. The van der Waals surface area contributed by atoms with Crippen LogP contribution in [-0.2, 0) is 13.0 Å². The first-order chi connectivity index (χ1) is 8.69. The summed E-state index contributed by atoms with van der Waals surface area (Å²) < 4.78 is 31.6. The van der Waals surface area contributed by atoms with Crippen molar-refractivity contribution in [3.63, 3.8) is 0 Å². The standard InChI is InChI=1S/C15H14F2O/c1-2-12-5-3-4-6-15(12)18-10-11-7-13(16)9-14(17)8-11/h3-9H,2,10H2,1H3. The minimum Gasteiger partial charge on any atom is -0.489 e. The Hall–Kier alpha value is -1.90. The summed E-state index contributed by atoms with van der Waals surface area (Å²) >= 11 is 0. The molecule has 0 atom stereocenters. The zero-order chi connectivity index (χ0) is 13.0. The number of rotatable bonds is 4. The number of ether oxygens (including phenoxy) is 1. The number of halogens is 2. The second-order valence-corrected chi connectivity index (χ2v) is 4.03. The van der Waals surface area contributed by atoms with E-state index in [-0.39, 0.29) is 6.61 Å². The molecular formula is C15H14F2O. The van der Waals surface area contributed by atoms with Gasteiger partial charge >= 0.3 is 0 Å². The molecule has 0 spiro atoms. The van der Waals surface area contributed by atoms with Gasteiger partial charge in [-0.05, 0) is 35.7 Å². The summed E-state index contributed by atoms with van der Waals surface area (Å²) in [6.07, 6.45) is 0.855. The molecule has 0 aliphatic carbocycles. The SMILES string of the molecule is CCc1ccccc1OCc1cc(F)cc(F)c1. The Morgan fingerprint density at radius 2 is 1.67 bits per heavy atom. The third-order valence-electron chi connectivity index (χ3n) is 2.67. The van der Waals surface area contributed by atoms with Crippen LogP contribution in [0.1, 0.15) is 18.1 Å². The summed E-state index contributed by atoms with van der Waals surface area (Å²) in [6.45, 7) is 2.19. The molecule has 0 saturated heterocycles. The predicted molar refractivity (Wildman–Crippen MR) is 66.5 cm³/mol. The molecule has 0 unspecified atom stereocenters. The van der Waals surface area contributed by atoms with Crippen molar-refractivity contribution in [3.05, 3.63) is 65.2 Å². The van der Waals surface area contributed by atoms with Gasteiger partial charge in [0.15, 0.2) is 0 Å². The molecular weight excluding hydrogens is 234 g/mol. The molecule has 0 aromatic heterocycles. The molecule has 94 valence electrons. The van der Waals surface area contributed by atoms with Crippen molar-refractivity contribution >= 4 is 0 Å². The van der Waals surface area contributed by atoms with E-state index in [4.69, 9.17) is 4.74 Å². The highest BCUT2D eigenvalue weighted by Gasteiger charge is 2.04. The summed E-state index contributed by atoms with van der Waals surface area (Å²) in [5.41, 5.74) is 1.56. The van der Waals surface area contributed by atoms with Gasteiger partial charge in [-0.1, -0.05) is 25.1 Å². The van der Waals surface area contributed by atoms with E-state index >= 15 is 0 Å². The Kier molecular flexibility index (Phi) is 3.92. The van der Waals surface area contributed by atoms with Gasteiger partial charge in [0, 0.05) is 6.07 Å². The van der Waals surface area contributed by atoms with Crippen molar-refractivity contribution in [2.75, 3.05) is 0 Å². The van der Waals surface area contributed by atoms with Gasteiger partial charge in [-0.3, -0.25) is 0 Å². The first-order valence-corrected chi connectivity index (χ1v) is 5.84. The number of hydrogen-bond acceptors (Lipinski definition) is 1. The van der Waals surface area contributed by atoms with Crippen molar-refractivity contribution in [2.24, 2.45) is 0 Å². The smallest absolute Gasteiger partial charge is 0.126 e. The molecule has 2 aromatic rings. The van der Waals surface area contributed by atoms with Crippen molar-refractivity contribution in [1.82, 2.24) is 0 Å². The maximum atomic E-state index is 13.0. The van der Waals surface area contributed by atoms with E-state index in [1.807, 2.05) is 31.2 Å². The van der Waals surface area contributed by atoms with Gasteiger partial charge in [0.25, 0.3) is 0 Å². The first kappa shape index (κ1) is 12.6. The van der Waals surface area contributed by atoms with E-state index in [2.05, 4.69) is 0 Å². The van der Waals surface area contributed by atoms with Crippen LogP contribution in [0.15, 0.2) is 42.5 Å². The fraction of sp³-hybridized carbons (Fsp3) is 0.200. The van der Waals surface area contributed by atoms with Crippen LogP contribution in [-0.4, -0.2) is 0 Å². The van der Waals surface area contributed by atoms with E-state index in [0.717, 1.165) is 23.8 Å². The van der Waals surface area contributed by atoms with Crippen LogP contribution < -0.4 is 4.74 Å². The summed E-state index contributed by atoms with van der Waals surface area (Å²) in [7, 11) is 0. The second-order valence-electron chi connectivity index (χ2n) is 4.03. The average Bonchev–Trinajstić information content (AvgIpc) is 2.35. The molecule has 0 N–H and O–H groups in total. The third-order valence-corrected chi connectivity index (χ3v) is 2.67. The van der Waals surface area contributed by atoms with Crippen LogP contribution in [0.25, 0.3) is 0 Å². The quantitative estimate of drug-likeness (QED) is 0.791. The molecule has 0 saturated carbocycles. The summed E-state index contributed by atoms with van der Waals surface area (Å²) in [4.78, 5) is 0. The van der Waals surface area contributed by atoms with E-state index in [1.165, 1.54) is 12.1 Å². The van der Waals surface area contributed by atoms with E-state index in [9.17, 15) is 8.78 Å². The molecule has 3 heteroatoms. The Morgan fingerprint density at radius 1 is 1.00 bits per heavy atom. The molecule has 0 heterocycles. The minimum atomic E-state index is -0.586. The lowest BCUT2D eigenvalue weighted by Crippen LogP contribution is -1.99. The topological polar surface area (TPSA) is 9.23 Å².